The van der Waals surface area contributed by atoms with Gasteiger partial charge >= 0.3 is 20.8 Å². The molecule has 0 amide bonds. The maximum atomic E-state index is 11.2. The highest BCUT2D eigenvalue weighted by Gasteiger charge is 2.20. The summed E-state index contributed by atoms with van der Waals surface area (Å²) in [5, 5.41) is 0. The molecule has 0 spiro atoms. The maximum absolute atomic E-state index is 11.2. The predicted molar refractivity (Wildman–Crippen MR) is 71.4 cm³/mol. The highest BCUT2D eigenvalue weighted by atomic mass is 32.3. The second kappa shape index (κ2) is 8.90. The summed E-state index contributed by atoms with van der Waals surface area (Å²) < 4.78 is 63.1. The molecule has 20 heavy (non-hydrogen) atoms. The van der Waals surface area contributed by atoms with E-state index in [4.69, 9.17) is 8.37 Å². The molecule has 2 unspecified atom stereocenters. The molecule has 0 saturated carbocycles. The summed E-state index contributed by atoms with van der Waals surface area (Å²) in [4.78, 5) is 0. The lowest BCUT2D eigenvalue weighted by Gasteiger charge is -2.15. The van der Waals surface area contributed by atoms with Crippen LogP contribution in [0.15, 0.2) is 0 Å². The van der Waals surface area contributed by atoms with Gasteiger partial charge in [-0.2, -0.15) is 16.8 Å². The Kier molecular flexibility index (Phi) is 8.79. The average molecular weight is 334 g/mol. The van der Waals surface area contributed by atoms with Crippen LogP contribution >= 0.6 is 0 Å². The summed E-state index contributed by atoms with van der Waals surface area (Å²) in [6, 6.07) is 0. The van der Waals surface area contributed by atoms with E-state index in [1.165, 1.54) is 13.8 Å². The van der Waals surface area contributed by atoms with Crippen molar-refractivity contribution in [2.24, 2.45) is 0 Å². The molecule has 2 atom stereocenters. The van der Waals surface area contributed by atoms with Crippen molar-refractivity contribution in [2.75, 3.05) is 13.2 Å². The molecule has 122 valence electrons. The van der Waals surface area contributed by atoms with Crippen molar-refractivity contribution in [3.05, 3.63) is 0 Å². The van der Waals surface area contributed by atoms with Crippen molar-refractivity contribution >= 4 is 20.8 Å². The zero-order valence-corrected chi connectivity index (χ0v) is 13.7. The average Bonchev–Trinajstić information content (AvgIpc) is 2.24. The van der Waals surface area contributed by atoms with Crippen molar-refractivity contribution in [3.8, 4) is 0 Å². The summed E-state index contributed by atoms with van der Waals surface area (Å²) in [5.74, 6) is 0. The van der Waals surface area contributed by atoms with Crippen LogP contribution in [-0.2, 0) is 37.5 Å². The molecular weight excluding hydrogens is 312 g/mol. The lowest BCUT2D eigenvalue weighted by Crippen LogP contribution is -2.22. The summed E-state index contributed by atoms with van der Waals surface area (Å²) in [5.41, 5.74) is 0. The molecule has 0 saturated heterocycles. The van der Waals surface area contributed by atoms with Gasteiger partial charge in [-0.1, -0.05) is 0 Å². The van der Waals surface area contributed by atoms with Crippen LogP contribution in [0.3, 0.4) is 0 Å². The normalized spacial score (nSPS) is 16.0. The molecule has 0 aliphatic heterocycles. The van der Waals surface area contributed by atoms with Gasteiger partial charge in [0.1, 0.15) is 0 Å². The first-order valence-corrected chi connectivity index (χ1v) is 8.93. The van der Waals surface area contributed by atoms with Crippen LogP contribution in [0.2, 0.25) is 0 Å². The number of hydrogen-bond acceptors (Lipinski definition) is 8. The molecule has 0 aliphatic carbocycles. The van der Waals surface area contributed by atoms with E-state index in [1.54, 1.807) is 13.8 Å². The first kappa shape index (κ1) is 19.7. The van der Waals surface area contributed by atoms with Gasteiger partial charge < -0.3 is 0 Å². The molecule has 0 heterocycles. The molecule has 0 N–H and O–H groups in total. The maximum Gasteiger partial charge on any atom is 0.400 e. The fourth-order valence-corrected chi connectivity index (χ4v) is 3.00. The van der Waals surface area contributed by atoms with Crippen LogP contribution < -0.4 is 0 Å². The van der Waals surface area contributed by atoms with Gasteiger partial charge in [-0.3, -0.25) is 0 Å². The summed E-state index contributed by atoms with van der Waals surface area (Å²) in [7, 11) is -8.01. The van der Waals surface area contributed by atoms with Crippen LogP contribution in [-0.4, -0.2) is 42.3 Å². The van der Waals surface area contributed by atoms with Gasteiger partial charge in [-0.05, 0) is 40.5 Å². The van der Waals surface area contributed by atoms with Gasteiger partial charge in [0, 0.05) is 0 Å². The highest BCUT2D eigenvalue weighted by molar-refractivity contribution is 7.82. The van der Waals surface area contributed by atoms with E-state index >= 15 is 0 Å². The molecule has 0 radical (unpaired) electrons. The first-order chi connectivity index (χ1) is 9.12. The minimum absolute atomic E-state index is 0.0127. The Balaban J connectivity index is 4.16. The Morgan fingerprint density at radius 3 is 1.30 bits per heavy atom. The Bertz CT molecular complexity index is 412. The Labute approximate surface area is 121 Å². The third-order valence-corrected chi connectivity index (χ3v) is 4.25. The van der Waals surface area contributed by atoms with Gasteiger partial charge in [-0.25, -0.2) is 16.7 Å². The summed E-state index contributed by atoms with van der Waals surface area (Å²) >= 11 is 0. The zero-order valence-electron chi connectivity index (χ0n) is 12.1. The number of rotatable bonds is 11. The van der Waals surface area contributed by atoms with Crippen LogP contribution in [0.1, 0.15) is 40.5 Å². The second-order valence-corrected chi connectivity index (χ2v) is 6.51. The van der Waals surface area contributed by atoms with Crippen LogP contribution in [0.25, 0.3) is 0 Å². The minimum atomic E-state index is -4.01. The Hall–Kier alpha value is -0.260. The standard InChI is InChI=1S/C10H22O8S2/c1-5-15-19(11,12)17-9(3)7-8-10(4)18-20(13,14)16-6-2/h9-10H,5-8H2,1-4H3. The van der Waals surface area contributed by atoms with E-state index in [9.17, 15) is 16.8 Å². The zero-order chi connectivity index (χ0) is 15.8. The third-order valence-electron chi connectivity index (χ3n) is 2.07. The van der Waals surface area contributed by atoms with E-state index in [1.807, 2.05) is 0 Å². The highest BCUT2D eigenvalue weighted by Crippen LogP contribution is 2.13. The molecule has 0 aromatic heterocycles. The van der Waals surface area contributed by atoms with Gasteiger partial charge in [0.05, 0.1) is 25.4 Å². The van der Waals surface area contributed by atoms with Crippen molar-refractivity contribution in [2.45, 2.75) is 52.7 Å². The van der Waals surface area contributed by atoms with Crippen LogP contribution in [0.4, 0.5) is 0 Å². The lowest BCUT2D eigenvalue weighted by molar-refractivity contribution is 0.129. The molecule has 0 rings (SSSR count). The molecule has 8 nitrogen and oxygen atoms in total. The van der Waals surface area contributed by atoms with Crippen molar-refractivity contribution in [3.63, 3.8) is 0 Å². The fourth-order valence-electron chi connectivity index (χ4n) is 1.31. The van der Waals surface area contributed by atoms with E-state index < -0.39 is 33.0 Å². The van der Waals surface area contributed by atoms with E-state index in [0.717, 1.165) is 0 Å². The topological polar surface area (TPSA) is 105 Å². The smallest absolute Gasteiger partial charge is 0.248 e. The second-order valence-electron chi connectivity index (χ2n) is 4.02. The fraction of sp³-hybridized carbons (Fsp3) is 1.00. The first-order valence-electron chi connectivity index (χ1n) is 6.27. The van der Waals surface area contributed by atoms with Gasteiger partial charge in [-0.15, -0.1) is 0 Å². The van der Waals surface area contributed by atoms with Crippen molar-refractivity contribution in [1.29, 1.82) is 0 Å². The quantitative estimate of drug-likeness (QED) is 0.554. The lowest BCUT2D eigenvalue weighted by atomic mass is 10.1. The van der Waals surface area contributed by atoms with E-state index in [-0.39, 0.29) is 26.1 Å². The van der Waals surface area contributed by atoms with Crippen LogP contribution in [0, 0.1) is 0 Å². The van der Waals surface area contributed by atoms with E-state index in [0.29, 0.717) is 0 Å². The molecule has 0 fully saturated rings. The predicted octanol–water partition coefficient (Wildman–Crippen LogP) is 1.14. The number of hydrogen-bond donors (Lipinski definition) is 0. The molecule has 0 aliphatic rings. The monoisotopic (exact) mass is 334 g/mol. The SMILES string of the molecule is CCOS(=O)(=O)OC(C)CCC(C)OS(=O)(=O)OCC. The van der Waals surface area contributed by atoms with Crippen LogP contribution in [0.5, 0.6) is 0 Å². The van der Waals surface area contributed by atoms with Gasteiger partial charge in [0.15, 0.2) is 0 Å². The van der Waals surface area contributed by atoms with Crippen molar-refractivity contribution < 1.29 is 33.6 Å². The van der Waals surface area contributed by atoms with Gasteiger partial charge in [0.2, 0.25) is 0 Å². The van der Waals surface area contributed by atoms with E-state index in [2.05, 4.69) is 8.37 Å². The third kappa shape index (κ3) is 9.61. The summed E-state index contributed by atoms with van der Waals surface area (Å²) in [6.07, 6.45) is -0.718. The largest absolute Gasteiger partial charge is 0.400 e. The Morgan fingerprint density at radius 1 is 0.750 bits per heavy atom. The summed E-state index contributed by atoms with van der Waals surface area (Å²) in [6.45, 7) is 6.11. The molecule has 0 bridgehead atoms. The molecule has 0 aromatic rings. The van der Waals surface area contributed by atoms with Crippen molar-refractivity contribution in [1.82, 2.24) is 0 Å². The molecular formula is C10H22O8S2. The minimum Gasteiger partial charge on any atom is -0.248 e. The molecule has 10 heteroatoms. The molecule has 0 aromatic carbocycles. The van der Waals surface area contributed by atoms with Gasteiger partial charge in [0.25, 0.3) is 0 Å². The Morgan fingerprint density at radius 2 is 1.05 bits per heavy atom.